The summed E-state index contributed by atoms with van der Waals surface area (Å²) in [4.78, 5) is 22.9. The van der Waals surface area contributed by atoms with Gasteiger partial charge in [0.2, 0.25) is 0 Å². The topological polar surface area (TPSA) is 63.6 Å². The Labute approximate surface area is 231 Å². The second-order valence-electron chi connectivity index (χ2n) is 11.4. The van der Waals surface area contributed by atoms with Crippen LogP contribution in [-0.4, -0.2) is 23.1 Å². The molecule has 1 N–H and O–H groups in total. The van der Waals surface area contributed by atoms with Crippen molar-refractivity contribution in [2.75, 3.05) is 0 Å². The maximum Gasteiger partial charge on any atom is 0.306 e. The van der Waals surface area contributed by atoms with E-state index in [0.717, 1.165) is 64.2 Å². The molecule has 0 aromatic carbocycles. The van der Waals surface area contributed by atoms with E-state index in [9.17, 15) is 9.59 Å². The van der Waals surface area contributed by atoms with Crippen LogP contribution < -0.4 is 0 Å². The van der Waals surface area contributed by atoms with Crippen molar-refractivity contribution >= 4 is 11.9 Å². The minimum atomic E-state index is -0.688. The molecule has 0 aliphatic rings. The number of carboxylic acid groups (broad SMARTS) is 1. The van der Waals surface area contributed by atoms with Crippen molar-refractivity contribution in [3.8, 4) is 0 Å². The van der Waals surface area contributed by atoms with Gasteiger partial charge in [-0.15, -0.1) is 0 Å². The molecule has 0 aromatic rings. The van der Waals surface area contributed by atoms with Crippen LogP contribution in [0.2, 0.25) is 0 Å². The zero-order chi connectivity index (χ0) is 27.2. The van der Waals surface area contributed by atoms with Gasteiger partial charge in [-0.1, -0.05) is 149 Å². The molecule has 4 heteroatoms. The maximum absolute atomic E-state index is 12.4. The highest BCUT2D eigenvalue weighted by atomic mass is 16.5. The van der Waals surface area contributed by atoms with Crippen LogP contribution >= 0.6 is 0 Å². The Morgan fingerprint density at radius 3 is 1.27 bits per heavy atom. The predicted molar refractivity (Wildman–Crippen MR) is 158 cm³/mol. The van der Waals surface area contributed by atoms with Crippen molar-refractivity contribution < 1.29 is 19.4 Å². The number of carbonyl (C=O) groups excluding carboxylic acids is 1. The van der Waals surface area contributed by atoms with Gasteiger partial charge < -0.3 is 9.84 Å². The molecule has 0 saturated heterocycles. The number of unbranched alkanes of at least 4 members (excludes halogenated alkanes) is 21. The van der Waals surface area contributed by atoms with Gasteiger partial charge in [0.1, 0.15) is 6.10 Å². The first-order valence-corrected chi connectivity index (χ1v) is 16.5. The maximum atomic E-state index is 12.4. The highest BCUT2D eigenvalue weighted by Crippen LogP contribution is 2.18. The quantitative estimate of drug-likeness (QED) is 0.0749. The van der Waals surface area contributed by atoms with E-state index in [2.05, 4.69) is 13.8 Å². The number of aliphatic carboxylic acids is 1. The molecule has 0 fully saturated rings. The summed E-state index contributed by atoms with van der Waals surface area (Å²) in [7, 11) is 0. The molecule has 1 unspecified atom stereocenters. The van der Waals surface area contributed by atoms with Crippen LogP contribution in [0.5, 0.6) is 0 Å². The lowest BCUT2D eigenvalue weighted by atomic mass is 10.0. The van der Waals surface area contributed by atoms with E-state index in [-0.39, 0.29) is 12.1 Å². The number of hydrogen-bond donors (Lipinski definition) is 1. The van der Waals surface area contributed by atoms with Crippen LogP contribution in [0.15, 0.2) is 0 Å². The molecular formula is C33H64O4. The molecule has 0 rings (SSSR count). The number of hydrogen-bond acceptors (Lipinski definition) is 3. The Hall–Kier alpha value is -1.06. The Morgan fingerprint density at radius 2 is 0.838 bits per heavy atom. The summed E-state index contributed by atoms with van der Waals surface area (Å²) in [6.07, 6.45) is 32.9. The van der Waals surface area contributed by atoms with Crippen LogP contribution in [0, 0.1) is 0 Å². The summed E-state index contributed by atoms with van der Waals surface area (Å²) in [5.74, 6) is -0.679. The Kier molecular flexibility index (Phi) is 28.7. The molecule has 0 aliphatic carbocycles. The molecule has 1 atom stereocenters. The van der Waals surface area contributed by atoms with Gasteiger partial charge in [-0.05, 0) is 32.1 Å². The van der Waals surface area contributed by atoms with Crippen molar-refractivity contribution in [1.82, 2.24) is 0 Å². The monoisotopic (exact) mass is 524 g/mol. The highest BCUT2D eigenvalue weighted by molar-refractivity contribution is 5.69. The van der Waals surface area contributed by atoms with Gasteiger partial charge in [-0.3, -0.25) is 9.59 Å². The van der Waals surface area contributed by atoms with Crippen molar-refractivity contribution in [1.29, 1.82) is 0 Å². The van der Waals surface area contributed by atoms with Gasteiger partial charge >= 0.3 is 11.9 Å². The second kappa shape index (κ2) is 29.5. The van der Waals surface area contributed by atoms with E-state index in [0.29, 0.717) is 12.8 Å². The molecule has 0 spiro atoms. The van der Waals surface area contributed by atoms with Crippen LogP contribution in [0.4, 0.5) is 0 Å². The summed E-state index contributed by atoms with van der Waals surface area (Å²) in [5.41, 5.74) is 0. The van der Waals surface area contributed by atoms with E-state index in [1.165, 1.54) is 103 Å². The lowest BCUT2D eigenvalue weighted by Crippen LogP contribution is -2.18. The molecule has 0 amide bonds. The average Bonchev–Trinajstić information content (AvgIpc) is 2.88. The molecule has 220 valence electrons. The molecule has 0 aliphatic heterocycles. The molecule has 4 nitrogen and oxygen atoms in total. The fourth-order valence-electron chi connectivity index (χ4n) is 5.11. The predicted octanol–water partition coefficient (Wildman–Crippen LogP) is 10.9. The van der Waals surface area contributed by atoms with Crippen molar-refractivity contribution in [2.45, 2.75) is 200 Å². The van der Waals surface area contributed by atoms with E-state index < -0.39 is 5.97 Å². The van der Waals surface area contributed by atoms with Crippen LogP contribution in [0.3, 0.4) is 0 Å². The third-order valence-electron chi connectivity index (χ3n) is 7.58. The number of carbonyl (C=O) groups is 2. The first-order chi connectivity index (χ1) is 18.1. The van der Waals surface area contributed by atoms with E-state index in [1.54, 1.807) is 0 Å². The molecule has 0 bridgehead atoms. The molecular weight excluding hydrogens is 460 g/mol. The summed E-state index contributed by atoms with van der Waals surface area (Å²) in [5, 5.41) is 8.68. The smallest absolute Gasteiger partial charge is 0.306 e. The number of carboxylic acids is 1. The Balaban J connectivity index is 3.62. The van der Waals surface area contributed by atoms with Crippen molar-refractivity contribution in [3.63, 3.8) is 0 Å². The summed E-state index contributed by atoms with van der Waals surface area (Å²) >= 11 is 0. The molecule has 0 heterocycles. The fraction of sp³-hybridized carbons (Fsp3) is 0.939. The van der Waals surface area contributed by atoms with Crippen molar-refractivity contribution in [2.24, 2.45) is 0 Å². The number of esters is 1. The lowest BCUT2D eigenvalue weighted by Gasteiger charge is -2.18. The highest BCUT2D eigenvalue weighted by Gasteiger charge is 2.13. The third kappa shape index (κ3) is 29.4. The first-order valence-electron chi connectivity index (χ1n) is 16.5. The SMILES string of the molecule is CCCCCCCCCCCCCCCCCC(=O)OC(CCCC)CCCCCCCCCC(=O)O. The van der Waals surface area contributed by atoms with Gasteiger partial charge in [0, 0.05) is 12.8 Å². The second-order valence-corrected chi connectivity index (χ2v) is 11.4. The standard InChI is InChI=1S/C33H64O4/c1-3-5-7-8-9-10-11-12-13-14-15-16-20-23-26-30-33(36)37-31(27-6-4-2)28-24-21-18-17-19-22-25-29-32(34)35/h31H,3-30H2,1-2H3,(H,34,35). The van der Waals surface area contributed by atoms with Crippen LogP contribution in [0.1, 0.15) is 194 Å². The molecule has 0 saturated carbocycles. The van der Waals surface area contributed by atoms with Gasteiger partial charge in [-0.2, -0.15) is 0 Å². The minimum absolute atomic E-state index is 0.00854. The summed E-state index contributed by atoms with van der Waals surface area (Å²) in [6.45, 7) is 4.47. The molecule has 0 radical (unpaired) electrons. The minimum Gasteiger partial charge on any atom is -0.481 e. The third-order valence-corrected chi connectivity index (χ3v) is 7.58. The van der Waals surface area contributed by atoms with Crippen molar-refractivity contribution in [3.05, 3.63) is 0 Å². The zero-order valence-electron chi connectivity index (χ0n) is 25.0. The van der Waals surface area contributed by atoms with Gasteiger partial charge in [-0.25, -0.2) is 0 Å². The summed E-state index contributed by atoms with van der Waals surface area (Å²) in [6, 6.07) is 0. The summed E-state index contributed by atoms with van der Waals surface area (Å²) < 4.78 is 5.86. The normalized spacial score (nSPS) is 12.1. The van der Waals surface area contributed by atoms with Gasteiger partial charge in [0.25, 0.3) is 0 Å². The van der Waals surface area contributed by atoms with E-state index >= 15 is 0 Å². The fourth-order valence-corrected chi connectivity index (χ4v) is 5.11. The largest absolute Gasteiger partial charge is 0.481 e. The average molecular weight is 525 g/mol. The lowest BCUT2D eigenvalue weighted by molar-refractivity contribution is -0.150. The van der Waals surface area contributed by atoms with E-state index in [1.807, 2.05) is 0 Å². The van der Waals surface area contributed by atoms with Gasteiger partial charge in [0.05, 0.1) is 0 Å². The number of ether oxygens (including phenoxy) is 1. The molecule has 37 heavy (non-hydrogen) atoms. The van der Waals surface area contributed by atoms with Crippen LogP contribution in [-0.2, 0) is 14.3 Å². The Bertz CT molecular complexity index is 491. The molecule has 0 aromatic heterocycles. The Morgan fingerprint density at radius 1 is 0.486 bits per heavy atom. The zero-order valence-corrected chi connectivity index (χ0v) is 25.0. The first kappa shape index (κ1) is 35.9. The van der Waals surface area contributed by atoms with E-state index in [4.69, 9.17) is 9.84 Å². The van der Waals surface area contributed by atoms with Crippen LogP contribution in [0.25, 0.3) is 0 Å². The number of rotatable bonds is 30. The van der Waals surface area contributed by atoms with Gasteiger partial charge in [0.15, 0.2) is 0 Å².